The molecule has 2 aromatic carbocycles. The maximum absolute atomic E-state index is 13.5. The van der Waals surface area contributed by atoms with Crippen LogP contribution in [-0.4, -0.2) is 56.2 Å². The van der Waals surface area contributed by atoms with Crippen LogP contribution in [0.2, 0.25) is 0 Å². The topological polar surface area (TPSA) is 24.9 Å². The molecular formula is C23H29FN2O2. The van der Waals surface area contributed by atoms with Gasteiger partial charge in [-0.3, -0.25) is 4.90 Å². The fourth-order valence-electron chi connectivity index (χ4n) is 5.11. The zero-order valence-corrected chi connectivity index (χ0v) is 16.9. The van der Waals surface area contributed by atoms with E-state index in [-0.39, 0.29) is 5.82 Å². The first-order chi connectivity index (χ1) is 13.6. The van der Waals surface area contributed by atoms with E-state index in [1.807, 2.05) is 30.3 Å². The van der Waals surface area contributed by atoms with Crippen LogP contribution >= 0.6 is 0 Å². The zero-order valence-electron chi connectivity index (χ0n) is 16.9. The third kappa shape index (κ3) is 3.49. The summed E-state index contributed by atoms with van der Waals surface area (Å²) in [4.78, 5) is 5.05. The summed E-state index contributed by atoms with van der Waals surface area (Å²) in [6, 6.07) is 13.9. The quantitative estimate of drug-likeness (QED) is 0.781. The highest BCUT2D eigenvalue weighted by Gasteiger charge is 2.46. The maximum Gasteiger partial charge on any atom is 0.127 e. The van der Waals surface area contributed by atoms with Gasteiger partial charge in [-0.15, -0.1) is 0 Å². The molecule has 4 rings (SSSR count). The molecule has 2 heterocycles. The highest BCUT2D eigenvalue weighted by molar-refractivity contribution is 5.45. The Hall–Kier alpha value is -2.11. The first-order valence-corrected chi connectivity index (χ1v) is 10.0. The van der Waals surface area contributed by atoms with Gasteiger partial charge in [-0.1, -0.05) is 18.2 Å². The molecule has 2 fully saturated rings. The number of methoxy groups -OCH3 is 2. The van der Waals surface area contributed by atoms with E-state index in [1.165, 1.54) is 18.4 Å². The Morgan fingerprint density at radius 3 is 2.36 bits per heavy atom. The highest BCUT2D eigenvalue weighted by Crippen LogP contribution is 2.41. The molecule has 0 aromatic heterocycles. The number of benzene rings is 2. The van der Waals surface area contributed by atoms with Gasteiger partial charge in [0.1, 0.15) is 17.3 Å². The van der Waals surface area contributed by atoms with Gasteiger partial charge in [-0.05, 0) is 56.3 Å². The van der Waals surface area contributed by atoms with Crippen molar-refractivity contribution in [1.82, 2.24) is 9.80 Å². The predicted octanol–water partition coefficient (Wildman–Crippen LogP) is 3.91. The molecule has 4 nitrogen and oxygen atoms in total. The third-order valence-electron chi connectivity index (χ3n) is 6.42. The third-order valence-corrected chi connectivity index (χ3v) is 6.42. The molecule has 150 valence electrons. The van der Waals surface area contributed by atoms with E-state index >= 15 is 0 Å². The van der Waals surface area contributed by atoms with Gasteiger partial charge >= 0.3 is 0 Å². The van der Waals surface area contributed by atoms with Gasteiger partial charge in [0.25, 0.3) is 0 Å². The van der Waals surface area contributed by atoms with E-state index in [0.717, 1.165) is 36.7 Å². The van der Waals surface area contributed by atoms with Gasteiger partial charge in [0.05, 0.1) is 19.8 Å². The number of halogens is 1. The highest BCUT2D eigenvalue weighted by atomic mass is 19.1. The minimum absolute atomic E-state index is 0.175. The van der Waals surface area contributed by atoms with E-state index in [1.54, 1.807) is 26.4 Å². The fourth-order valence-corrected chi connectivity index (χ4v) is 5.11. The van der Waals surface area contributed by atoms with E-state index in [9.17, 15) is 4.39 Å². The lowest BCUT2D eigenvalue weighted by Crippen LogP contribution is -2.49. The van der Waals surface area contributed by atoms with Gasteiger partial charge in [0.15, 0.2) is 0 Å². The fraction of sp³-hybridized carbons (Fsp3) is 0.478. The van der Waals surface area contributed by atoms with Crippen molar-refractivity contribution in [2.75, 3.05) is 34.4 Å². The Morgan fingerprint density at radius 1 is 1.04 bits per heavy atom. The molecule has 2 saturated heterocycles. The zero-order chi connectivity index (χ0) is 19.7. The minimum Gasteiger partial charge on any atom is -0.496 e. The first kappa shape index (κ1) is 19.2. The lowest BCUT2D eigenvalue weighted by molar-refractivity contribution is 0.108. The molecular weight excluding hydrogens is 355 g/mol. The van der Waals surface area contributed by atoms with Crippen molar-refractivity contribution in [1.29, 1.82) is 0 Å². The Labute approximate surface area is 166 Å². The summed E-state index contributed by atoms with van der Waals surface area (Å²) < 4.78 is 24.7. The molecule has 2 aliphatic heterocycles. The van der Waals surface area contributed by atoms with Gasteiger partial charge in [0.2, 0.25) is 0 Å². The van der Waals surface area contributed by atoms with Gasteiger partial charge in [0, 0.05) is 31.1 Å². The average Bonchev–Trinajstić information content (AvgIpc) is 3.08. The molecule has 0 saturated carbocycles. The molecule has 2 aliphatic rings. The molecule has 0 unspecified atom stereocenters. The van der Waals surface area contributed by atoms with E-state index in [0.29, 0.717) is 18.0 Å². The second-order valence-corrected chi connectivity index (χ2v) is 7.91. The number of ether oxygens (including phenoxy) is 2. The maximum atomic E-state index is 13.5. The molecule has 28 heavy (non-hydrogen) atoms. The van der Waals surface area contributed by atoms with Crippen LogP contribution in [0.15, 0.2) is 42.5 Å². The van der Waals surface area contributed by atoms with E-state index in [2.05, 4.69) is 16.8 Å². The summed E-state index contributed by atoms with van der Waals surface area (Å²) in [6.07, 6.45) is 2.39. The lowest BCUT2D eigenvalue weighted by atomic mass is 9.86. The van der Waals surface area contributed by atoms with E-state index < -0.39 is 0 Å². The summed E-state index contributed by atoms with van der Waals surface area (Å²) >= 11 is 0. The largest absolute Gasteiger partial charge is 0.496 e. The van der Waals surface area contributed by atoms with Crippen LogP contribution in [0.25, 0.3) is 0 Å². The molecule has 0 N–H and O–H groups in total. The van der Waals surface area contributed by atoms with Crippen LogP contribution in [0.4, 0.5) is 4.39 Å². The minimum atomic E-state index is -0.175. The summed E-state index contributed by atoms with van der Waals surface area (Å²) in [7, 11) is 5.64. The number of hydrogen-bond donors (Lipinski definition) is 0. The van der Waals surface area contributed by atoms with Crippen molar-refractivity contribution in [2.24, 2.45) is 0 Å². The Bertz CT molecular complexity index is 788. The number of hydrogen-bond acceptors (Lipinski definition) is 4. The van der Waals surface area contributed by atoms with Crippen LogP contribution in [-0.2, 0) is 6.54 Å². The Morgan fingerprint density at radius 2 is 1.71 bits per heavy atom. The second-order valence-electron chi connectivity index (χ2n) is 7.91. The summed E-state index contributed by atoms with van der Waals surface area (Å²) in [5, 5.41) is 0. The Kier molecular flexibility index (Phi) is 5.56. The molecule has 0 amide bonds. The van der Waals surface area contributed by atoms with Crippen molar-refractivity contribution in [3.8, 4) is 11.5 Å². The molecule has 0 radical (unpaired) electrons. The SMILES string of the molecule is COc1cccc(OC)c1CN1C[C@H](c2ccc(F)cc2)[C@@H]2[C@H]1CCCN2C. The average molecular weight is 384 g/mol. The predicted molar refractivity (Wildman–Crippen MR) is 109 cm³/mol. The first-order valence-electron chi connectivity index (χ1n) is 10.0. The van der Waals surface area contributed by atoms with Crippen LogP contribution < -0.4 is 9.47 Å². The molecule has 0 aliphatic carbocycles. The lowest BCUT2D eigenvalue weighted by Gasteiger charge is -2.39. The van der Waals surface area contributed by atoms with E-state index in [4.69, 9.17) is 9.47 Å². The van der Waals surface area contributed by atoms with Crippen LogP contribution in [0.5, 0.6) is 11.5 Å². The molecule has 5 heteroatoms. The molecule has 0 spiro atoms. The standard InChI is InChI=1S/C23H29FN2O2/c1-25-13-5-6-20-23(25)18(16-9-11-17(24)12-10-16)14-26(20)15-19-21(27-2)7-4-8-22(19)28-3/h4,7-12,18,20,23H,5-6,13-15H2,1-3H3/t18-,20-,23-/m1/s1. The van der Waals surface area contributed by atoms with Crippen molar-refractivity contribution < 1.29 is 13.9 Å². The smallest absolute Gasteiger partial charge is 0.127 e. The van der Waals surface area contributed by atoms with Crippen molar-refractivity contribution in [3.05, 3.63) is 59.4 Å². The van der Waals surface area contributed by atoms with Gasteiger partial charge in [-0.25, -0.2) is 4.39 Å². The second kappa shape index (κ2) is 8.10. The normalized spacial score (nSPS) is 25.5. The van der Waals surface area contributed by atoms with Crippen molar-refractivity contribution >= 4 is 0 Å². The monoisotopic (exact) mass is 384 g/mol. The number of likely N-dealkylation sites (tertiary alicyclic amines) is 2. The molecule has 2 aromatic rings. The summed E-state index contributed by atoms with van der Waals surface area (Å²) in [6.45, 7) is 2.86. The number of likely N-dealkylation sites (N-methyl/N-ethyl adjacent to an activating group) is 1. The number of nitrogens with zero attached hydrogens (tertiary/aromatic N) is 2. The van der Waals surface area contributed by atoms with Crippen LogP contribution in [0.3, 0.4) is 0 Å². The number of piperidine rings is 1. The summed E-state index contributed by atoms with van der Waals surface area (Å²) in [5.74, 6) is 1.93. The molecule has 3 atom stereocenters. The van der Waals surface area contributed by atoms with Crippen molar-refractivity contribution in [2.45, 2.75) is 37.4 Å². The van der Waals surface area contributed by atoms with Crippen LogP contribution in [0, 0.1) is 5.82 Å². The summed E-state index contributed by atoms with van der Waals surface area (Å²) in [5.41, 5.74) is 2.32. The van der Waals surface area contributed by atoms with Gasteiger partial charge < -0.3 is 14.4 Å². The molecule has 0 bridgehead atoms. The Balaban J connectivity index is 1.66. The number of rotatable bonds is 5. The van der Waals surface area contributed by atoms with Crippen LogP contribution in [0.1, 0.15) is 29.9 Å². The number of fused-ring (bicyclic) bond motifs is 1. The van der Waals surface area contributed by atoms with Crippen molar-refractivity contribution in [3.63, 3.8) is 0 Å². The van der Waals surface area contributed by atoms with Gasteiger partial charge in [-0.2, -0.15) is 0 Å².